The molecular formula is C18H22N6. The van der Waals surface area contributed by atoms with Crippen LogP contribution in [0.3, 0.4) is 0 Å². The number of aryl methyl sites for hydroxylation is 1. The molecule has 0 fully saturated rings. The molecule has 124 valence electrons. The molecule has 0 bridgehead atoms. The molecular weight excluding hydrogens is 300 g/mol. The van der Waals surface area contributed by atoms with Gasteiger partial charge in [-0.05, 0) is 29.7 Å². The third kappa shape index (κ3) is 3.53. The lowest BCUT2D eigenvalue weighted by molar-refractivity contribution is 0.760. The lowest BCUT2D eigenvalue weighted by Gasteiger charge is -2.13. The van der Waals surface area contributed by atoms with Crippen LogP contribution < -0.4 is 10.6 Å². The van der Waals surface area contributed by atoms with Crippen LogP contribution in [0, 0.1) is 0 Å². The number of benzene rings is 1. The Bertz CT molecular complexity index is 836. The van der Waals surface area contributed by atoms with Crippen LogP contribution in [0.5, 0.6) is 0 Å². The van der Waals surface area contributed by atoms with Gasteiger partial charge >= 0.3 is 0 Å². The van der Waals surface area contributed by atoms with Crippen LogP contribution in [0.1, 0.15) is 23.9 Å². The number of rotatable bonds is 5. The third-order valence-corrected chi connectivity index (χ3v) is 3.97. The van der Waals surface area contributed by atoms with Gasteiger partial charge < -0.3 is 10.6 Å². The molecule has 24 heavy (non-hydrogen) atoms. The molecule has 2 heterocycles. The molecule has 0 atom stereocenters. The molecule has 3 rings (SSSR count). The second-order valence-corrected chi connectivity index (χ2v) is 5.45. The van der Waals surface area contributed by atoms with Crippen LogP contribution in [-0.4, -0.2) is 27.6 Å². The minimum atomic E-state index is 0.556. The molecule has 0 saturated heterocycles. The van der Waals surface area contributed by atoms with E-state index in [1.165, 1.54) is 11.1 Å². The Hall–Kier alpha value is -2.89. The highest BCUT2D eigenvalue weighted by Crippen LogP contribution is 2.08. The molecule has 2 aromatic heterocycles. The standard InChI is InChI=1S/C18H22N6/c1-3-14-8-4-5-9-15(14)12-20-18(19-2)21-13-17-23-22-16-10-6-7-11-24(16)17/h4-11H,3,12-13H2,1-2H3,(H2,19,20,21). The molecule has 0 unspecified atom stereocenters. The molecule has 0 radical (unpaired) electrons. The average molecular weight is 322 g/mol. The van der Waals surface area contributed by atoms with Crippen molar-refractivity contribution < 1.29 is 0 Å². The number of guanidine groups is 1. The van der Waals surface area contributed by atoms with Crippen molar-refractivity contribution >= 4 is 11.6 Å². The fraction of sp³-hybridized carbons (Fsp3) is 0.278. The van der Waals surface area contributed by atoms with Gasteiger partial charge in [-0.3, -0.25) is 9.39 Å². The number of nitrogens with one attached hydrogen (secondary N) is 2. The molecule has 0 aliphatic rings. The highest BCUT2D eigenvalue weighted by atomic mass is 15.3. The summed E-state index contributed by atoms with van der Waals surface area (Å²) in [5.41, 5.74) is 3.48. The predicted octanol–water partition coefficient (Wildman–Crippen LogP) is 2.16. The first-order chi connectivity index (χ1) is 11.8. The number of aromatic nitrogens is 3. The molecule has 0 aliphatic carbocycles. The van der Waals surface area contributed by atoms with Gasteiger partial charge in [0.15, 0.2) is 17.4 Å². The van der Waals surface area contributed by atoms with Crippen LogP contribution in [0.15, 0.2) is 53.7 Å². The smallest absolute Gasteiger partial charge is 0.191 e. The molecule has 6 nitrogen and oxygen atoms in total. The Kier molecular flexibility index (Phi) is 5.05. The maximum atomic E-state index is 4.28. The Morgan fingerprint density at radius 1 is 1.00 bits per heavy atom. The summed E-state index contributed by atoms with van der Waals surface area (Å²) < 4.78 is 1.96. The van der Waals surface area contributed by atoms with Crippen molar-refractivity contribution in [3.05, 3.63) is 65.6 Å². The normalized spacial score (nSPS) is 11.7. The van der Waals surface area contributed by atoms with Gasteiger partial charge in [0.05, 0.1) is 6.54 Å². The van der Waals surface area contributed by atoms with Crippen LogP contribution in [0.2, 0.25) is 0 Å². The van der Waals surface area contributed by atoms with Crippen LogP contribution in [0.25, 0.3) is 5.65 Å². The summed E-state index contributed by atoms with van der Waals surface area (Å²) in [5, 5.41) is 15.0. The first-order valence-electron chi connectivity index (χ1n) is 8.11. The van der Waals surface area contributed by atoms with E-state index in [-0.39, 0.29) is 0 Å². The van der Waals surface area contributed by atoms with E-state index in [9.17, 15) is 0 Å². The summed E-state index contributed by atoms with van der Waals surface area (Å²) in [7, 11) is 1.77. The Morgan fingerprint density at radius 2 is 1.75 bits per heavy atom. The van der Waals surface area contributed by atoms with E-state index >= 15 is 0 Å². The highest BCUT2D eigenvalue weighted by molar-refractivity contribution is 5.79. The van der Waals surface area contributed by atoms with Gasteiger partial charge in [-0.15, -0.1) is 10.2 Å². The minimum Gasteiger partial charge on any atom is -0.352 e. The largest absolute Gasteiger partial charge is 0.352 e. The van der Waals surface area contributed by atoms with Crippen LogP contribution in [0.4, 0.5) is 0 Å². The quantitative estimate of drug-likeness (QED) is 0.558. The van der Waals surface area contributed by atoms with Crippen LogP contribution in [-0.2, 0) is 19.5 Å². The lowest BCUT2D eigenvalue weighted by atomic mass is 10.1. The summed E-state index contributed by atoms with van der Waals surface area (Å²) >= 11 is 0. The van der Waals surface area contributed by atoms with Crippen molar-refractivity contribution in [2.75, 3.05) is 7.05 Å². The summed E-state index contributed by atoms with van der Waals surface area (Å²) in [6.45, 7) is 3.47. The number of fused-ring (bicyclic) bond motifs is 1. The number of pyridine rings is 1. The van der Waals surface area contributed by atoms with Gasteiger partial charge in [-0.2, -0.15) is 0 Å². The fourth-order valence-electron chi connectivity index (χ4n) is 2.65. The maximum Gasteiger partial charge on any atom is 0.191 e. The Labute approximate surface area is 141 Å². The highest BCUT2D eigenvalue weighted by Gasteiger charge is 2.06. The monoisotopic (exact) mass is 322 g/mol. The molecule has 0 aliphatic heterocycles. The van der Waals surface area contributed by atoms with E-state index in [1.807, 2.05) is 28.8 Å². The topological polar surface area (TPSA) is 66.6 Å². The predicted molar refractivity (Wildman–Crippen MR) is 95.8 cm³/mol. The number of aliphatic imine (C=N–C) groups is 1. The maximum absolute atomic E-state index is 4.28. The SMILES string of the molecule is CCc1ccccc1CNC(=NC)NCc1nnc2ccccn12. The van der Waals surface area contributed by atoms with Crippen molar-refractivity contribution in [1.29, 1.82) is 0 Å². The van der Waals surface area contributed by atoms with Crippen molar-refractivity contribution in [2.24, 2.45) is 4.99 Å². The average Bonchev–Trinajstić information content (AvgIpc) is 3.05. The van der Waals surface area contributed by atoms with Gasteiger partial charge in [0.25, 0.3) is 0 Å². The Balaban J connectivity index is 1.61. The minimum absolute atomic E-state index is 0.556. The summed E-state index contributed by atoms with van der Waals surface area (Å²) in [6.07, 6.45) is 2.98. The fourth-order valence-corrected chi connectivity index (χ4v) is 2.65. The van der Waals surface area contributed by atoms with E-state index in [1.54, 1.807) is 7.05 Å². The summed E-state index contributed by atoms with van der Waals surface area (Å²) in [5.74, 6) is 1.59. The van der Waals surface area contributed by atoms with Crippen LogP contribution >= 0.6 is 0 Å². The Morgan fingerprint density at radius 3 is 2.54 bits per heavy atom. The molecule has 0 spiro atoms. The van der Waals surface area contributed by atoms with E-state index < -0.39 is 0 Å². The van der Waals surface area contributed by atoms with E-state index in [0.717, 1.165) is 30.4 Å². The number of hydrogen-bond acceptors (Lipinski definition) is 3. The molecule has 3 aromatic rings. The van der Waals surface area contributed by atoms with Gasteiger partial charge in [0, 0.05) is 19.8 Å². The lowest BCUT2D eigenvalue weighted by Crippen LogP contribution is -2.37. The van der Waals surface area contributed by atoms with Crippen molar-refractivity contribution in [1.82, 2.24) is 25.2 Å². The van der Waals surface area contributed by atoms with E-state index in [0.29, 0.717) is 6.54 Å². The molecule has 0 amide bonds. The summed E-state index contributed by atoms with van der Waals surface area (Å²) in [6, 6.07) is 14.3. The zero-order chi connectivity index (χ0) is 16.8. The van der Waals surface area contributed by atoms with Gasteiger partial charge in [-0.1, -0.05) is 37.3 Å². The van der Waals surface area contributed by atoms with E-state index in [2.05, 4.69) is 57.0 Å². The number of hydrogen-bond donors (Lipinski definition) is 2. The second kappa shape index (κ2) is 7.59. The molecule has 2 N–H and O–H groups in total. The first-order valence-corrected chi connectivity index (χ1v) is 8.11. The van der Waals surface area contributed by atoms with Gasteiger partial charge in [0.1, 0.15) is 0 Å². The van der Waals surface area contributed by atoms with Crippen molar-refractivity contribution in [2.45, 2.75) is 26.4 Å². The molecule has 0 saturated carbocycles. The number of nitrogens with zero attached hydrogens (tertiary/aromatic N) is 4. The van der Waals surface area contributed by atoms with Crippen molar-refractivity contribution in [3.8, 4) is 0 Å². The van der Waals surface area contributed by atoms with Gasteiger partial charge in [-0.25, -0.2) is 0 Å². The van der Waals surface area contributed by atoms with E-state index in [4.69, 9.17) is 0 Å². The molecule has 1 aromatic carbocycles. The van der Waals surface area contributed by atoms with Crippen molar-refractivity contribution in [3.63, 3.8) is 0 Å². The summed E-state index contributed by atoms with van der Waals surface area (Å²) in [4.78, 5) is 4.28. The first kappa shape index (κ1) is 16.0. The second-order valence-electron chi connectivity index (χ2n) is 5.45. The molecule has 6 heteroatoms. The van der Waals surface area contributed by atoms with Gasteiger partial charge in [0.2, 0.25) is 0 Å². The third-order valence-electron chi connectivity index (χ3n) is 3.97. The zero-order valence-corrected chi connectivity index (χ0v) is 14.0. The zero-order valence-electron chi connectivity index (χ0n) is 14.0.